The van der Waals surface area contributed by atoms with Gasteiger partial charge in [0.05, 0.1) is 6.10 Å². The summed E-state index contributed by atoms with van der Waals surface area (Å²) in [4.78, 5) is 2.13. The summed E-state index contributed by atoms with van der Waals surface area (Å²) in [5.74, 6) is 0. The van der Waals surface area contributed by atoms with Gasteiger partial charge >= 0.3 is 0 Å². The van der Waals surface area contributed by atoms with E-state index in [0.717, 1.165) is 6.54 Å². The molecule has 1 saturated carbocycles. The lowest BCUT2D eigenvalue weighted by molar-refractivity contribution is 0.0624. The van der Waals surface area contributed by atoms with Crippen LogP contribution in [0.25, 0.3) is 0 Å². The Morgan fingerprint density at radius 1 is 1.11 bits per heavy atom. The molecule has 0 atom stereocenters. The predicted octanol–water partition coefficient (Wildman–Crippen LogP) is 2.80. The van der Waals surface area contributed by atoms with Gasteiger partial charge in [0.1, 0.15) is 0 Å². The summed E-state index contributed by atoms with van der Waals surface area (Å²) in [5.41, 5.74) is 2.61. The van der Waals surface area contributed by atoms with Gasteiger partial charge in [0.15, 0.2) is 0 Å². The maximum Gasteiger partial charge on any atom is 0.0572 e. The molecular formula is C16H26N2O. The SMILES string of the molecule is COC1CCC(NCc2ccc(N(C)C)cc2)CC1. The van der Waals surface area contributed by atoms with Crippen molar-refractivity contribution < 1.29 is 4.74 Å². The number of benzene rings is 1. The van der Waals surface area contributed by atoms with Crippen LogP contribution in [-0.2, 0) is 11.3 Å². The van der Waals surface area contributed by atoms with Crippen LogP contribution in [0.3, 0.4) is 0 Å². The molecule has 0 aromatic heterocycles. The van der Waals surface area contributed by atoms with Gasteiger partial charge in [0, 0.05) is 39.5 Å². The van der Waals surface area contributed by atoms with Crippen molar-refractivity contribution in [3.8, 4) is 0 Å². The highest BCUT2D eigenvalue weighted by atomic mass is 16.5. The predicted molar refractivity (Wildman–Crippen MR) is 80.7 cm³/mol. The Kier molecular flexibility index (Phi) is 5.23. The molecule has 2 rings (SSSR count). The van der Waals surface area contributed by atoms with E-state index in [1.54, 1.807) is 0 Å². The second-order valence-corrected chi connectivity index (χ2v) is 5.65. The van der Waals surface area contributed by atoms with E-state index >= 15 is 0 Å². The van der Waals surface area contributed by atoms with Gasteiger partial charge < -0.3 is 15.0 Å². The molecule has 3 heteroatoms. The monoisotopic (exact) mass is 262 g/mol. The van der Waals surface area contributed by atoms with Gasteiger partial charge in [0.25, 0.3) is 0 Å². The molecule has 0 spiro atoms. The highest BCUT2D eigenvalue weighted by molar-refractivity contribution is 5.45. The number of ether oxygens (including phenoxy) is 1. The minimum absolute atomic E-state index is 0.484. The number of hydrogen-bond acceptors (Lipinski definition) is 3. The highest BCUT2D eigenvalue weighted by Gasteiger charge is 2.19. The molecule has 1 fully saturated rings. The summed E-state index contributed by atoms with van der Waals surface area (Å²) in [6.07, 6.45) is 5.32. The molecule has 19 heavy (non-hydrogen) atoms. The Bertz CT molecular complexity index is 367. The lowest BCUT2D eigenvalue weighted by Crippen LogP contribution is -2.34. The summed E-state index contributed by atoms with van der Waals surface area (Å²) >= 11 is 0. The zero-order valence-electron chi connectivity index (χ0n) is 12.4. The first kappa shape index (κ1) is 14.4. The molecule has 0 radical (unpaired) electrons. The van der Waals surface area contributed by atoms with Gasteiger partial charge in [-0.3, -0.25) is 0 Å². The first-order valence-electron chi connectivity index (χ1n) is 7.21. The number of nitrogens with one attached hydrogen (secondary N) is 1. The van der Waals surface area contributed by atoms with Crippen LogP contribution >= 0.6 is 0 Å². The third kappa shape index (κ3) is 4.22. The van der Waals surface area contributed by atoms with E-state index in [1.807, 2.05) is 7.11 Å². The smallest absolute Gasteiger partial charge is 0.0572 e. The molecule has 1 aliphatic rings. The standard InChI is InChI=1S/C16H26N2O/c1-18(2)15-8-4-13(5-9-15)12-17-14-6-10-16(19-3)11-7-14/h4-5,8-9,14,16-17H,6-7,10-12H2,1-3H3. The second kappa shape index (κ2) is 6.92. The van der Waals surface area contributed by atoms with Gasteiger partial charge in [-0.15, -0.1) is 0 Å². The third-order valence-corrected chi connectivity index (χ3v) is 4.06. The van der Waals surface area contributed by atoms with Crippen molar-refractivity contribution in [2.75, 3.05) is 26.1 Å². The summed E-state index contributed by atoms with van der Waals surface area (Å²) in [6, 6.07) is 9.43. The van der Waals surface area contributed by atoms with Crippen LogP contribution in [0, 0.1) is 0 Å². The van der Waals surface area contributed by atoms with Crippen molar-refractivity contribution in [3.05, 3.63) is 29.8 Å². The van der Waals surface area contributed by atoms with Gasteiger partial charge in [-0.2, -0.15) is 0 Å². The van der Waals surface area contributed by atoms with Crippen molar-refractivity contribution in [1.29, 1.82) is 0 Å². The molecule has 1 aromatic rings. The Hall–Kier alpha value is -1.06. The lowest BCUT2D eigenvalue weighted by atomic mass is 9.93. The first-order chi connectivity index (χ1) is 9.19. The summed E-state index contributed by atoms with van der Waals surface area (Å²) in [6.45, 7) is 0.968. The molecule has 1 aliphatic carbocycles. The van der Waals surface area contributed by atoms with Gasteiger partial charge in [-0.25, -0.2) is 0 Å². The summed E-state index contributed by atoms with van der Waals surface area (Å²) in [7, 11) is 5.97. The van der Waals surface area contributed by atoms with Crippen LogP contribution in [0.4, 0.5) is 5.69 Å². The van der Waals surface area contributed by atoms with Crippen molar-refractivity contribution >= 4 is 5.69 Å². The van der Waals surface area contributed by atoms with Crippen LogP contribution in [0.15, 0.2) is 24.3 Å². The lowest BCUT2D eigenvalue weighted by Gasteiger charge is -2.28. The quantitative estimate of drug-likeness (QED) is 0.883. The van der Waals surface area contributed by atoms with E-state index in [-0.39, 0.29) is 0 Å². The number of rotatable bonds is 5. The molecule has 0 heterocycles. The van der Waals surface area contributed by atoms with Gasteiger partial charge in [-0.05, 0) is 43.4 Å². The highest BCUT2D eigenvalue weighted by Crippen LogP contribution is 2.21. The van der Waals surface area contributed by atoms with E-state index in [1.165, 1.54) is 36.9 Å². The molecule has 106 valence electrons. The maximum atomic E-state index is 5.41. The fraction of sp³-hybridized carbons (Fsp3) is 0.625. The Balaban J connectivity index is 1.76. The van der Waals surface area contributed by atoms with Gasteiger partial charge in [0.2, 0.25) is 0 Å². The van der Waals surface area contributed by atoms with Crippen molar-refractivity contribution in [2.45, 2.75) is 44.4 Å². The molecule has 0 bridgehead atoms. The number of anilines is 1. The average molecular weight is 262 g/mol. The van der Waals surface area contributed by atoms with E-state index in [9.17, 15) is 0 Å². The molecule has 1 N–H and O–H groups in total. The number of hydrogen-bond donors (Lipinski definition) is 1. The number of nitrogens with zero attached hydrogens (tertiary/aromatic N) is 1. The Morgan fingerprint density at radius 3 is 2.26 bits per heavy atom. The summed E-state index contributed by atoms with van der Waals surface area (Å²) in [5, 5.41) is 3.66. The fourth-order valence-corrected chi connectivity index (χ4v) is 2.68. The minimum atomic E-state index is 0.484. The zero-order valence-corrected chi connectivity index (χ0v) is 12.4. The summed E-state index contributed by atoms with van der Waals surface area (Å²) < 4.78 is 5.41. The van der Waals surface area contributed by atoms with Gasteiger partial charge in [-0.1, -0.05) is 12.1 Å². The van der Waals surface area contributed by atoms with Crippen LogP contribution in [0.1, 0.15) is 31.2 Å². The van der Waals surface area contributed by atoms with Crippen molar-refractivity contribution in [1.82, 2.24) is 5.32 Å². The topological polar surface area (TPSA) is 24.5 Å². The fourth-order valence-electron chi connectivity index (χ4n) is 2.68. The molecule has 0 amide bonds. The second-order valence-electron chi connectivity index (χ2n) is 5.65. The van der Waals surface area contributed by atoms with E-state index in [0.29, 0.717) is 12.1 Å². The van der Waals surface area contributed by atoms with Crippen molar-refractivity contribution in [2.24, 2.45) is 0 Å². The van der Waals surface area contributed by atoms with Crippen LogP contribution < -0.4 is 10.2 Å². The van der Waals surface area contributed by atoms with Crippen molar-refractivity contribution in [3.63, 3.8) is 0 Å². The molecule has 0 unspecified atom stereocenters. The molecule has 0 saturated heterocycles. The molecular weight excluding hydrogens is 236 g/mol. The first-order valence-corrected chi connectivity index (χ1v) is 7.21. The Morgan fingerprint density at radius 2 is 1.74 bits per heavy atom. The zero-order chi connectivity index (χ0) is 13.7. The van der Waals surface area contributed by atoms with E-state index in [2.05, 4.69) is 48.6 Å². The van der Waals surface area contributed by atoms with Crippen LogP contribution in [0.5, 0.6) is 0 Å². The van der Waals surface area contributed by atoms with Crippen LogP contribution in [-0.4, -0.2) is 33.4 Å². The maximum absolute atomic E-state index is 5.41. The molecule has 1 aromatic carbocycles. The Labute approximate surface area is 116 Å². The molecule has 3 nitrogen and oxygen atoms in total. The largest absolute Gasteiger partial charge is 0.381 e. The third-order valence-electron chi connectivity index (χ3n) is 4.06. The molecule has 0 aliphatic heterocycles. The van der Waals surface area contributed by atoms with Crippen LogP contribution in [0.2, 0.25) is 0 Å². The van der Waals surface area contributed by atoms with E-state index < -0.39 is 0 Å². The normalized spacial score (nSPS) is 23.3. The average Bonchev–Trinajstić information content (AvgIpc) is 2.46. The van der Waals surface area contributed by atoms with E-state index in [4.69, 9.17) is 4.74 Å². The minimum Gasteiger partial charge on any atom is -0.381 e. The number of methoxy groups -OCH3 is 1.